The molecule has 0 saturated heterocycles. The van der Waals surface area contributed by atoms with Gasteiger partial charge < -0.3 is 64.8 Å². The zero-order valence-electron chi connectivity index (χ0n) is 50.5. The van der Waals surface area contributed by atoms with Crippen molar-refractivity contribution < 1.29 is 66.8 Å². The molecule has 4 aromatic carbocycles. The lowest BCUT2D eigenvalue weighted by atomic mass is 9.93. The molecule has 0 aromatic heterocycles. The van der Waals surface area contributed by atoms with Gasteiger partial charge in [-0.25, -0.2) is 19.2 Å². The molecule has 1 aliphatic heterocycles. The number of unbranched alkanes of at least 4 members (excludes halogenated alkanes) is 1. The molecule has 0 unspecified atom stereocenters. The Morgan fingerprint density at radius 3 is 1.95 bits per heavy atom. The molecule has 84 heavy (non-hydrogen) atoms. The van der Waals surface area contributed by atoms with Crippen LogP contribution in [0, 0.1) is 0 Å². The van der Waals surface area contributed by atoms with Crippen LogP contribution in [0.25, 0.3) is 22.3 Å². The third kappa shape index (κ3) is 21.1. The molecular weight excluding hydrogens is 1100 g/mol. The van der Waals surface area contributed by atoms with Crippen molar-refractivity contribution >= 4 is 59.5 Å². The summed E-state index contributed by atoms with van der Waals surface area (Å²) in [5.41, 5.74) is 0.849. The number of carbonyl (C=O) groups is 8. The number of esters is 1. The van der Waals surface area contributed by atoms with Crippen molar-refractivity contribution in [3.05, 3.63) is 107 Å². The monoisotopic (exact) mass is 1180 g/mol. The third-order valence-electron chi connectivity index (χ3n) is 12.8. The summed E-state index contributed by atoms with van der Waals surface area (Å²) in [6.45, 7) is 18.7. The molecule has 1 heterocycles. The lowest BCUT2D eigenvalue weighted by molar-refractivity contribution is -0.145. The quantitative estimate of drug-likeness (QED) is 0.0239. The van der Waals surface area contributed by atoms with Crippen LogP contribution < -0.4 is 36.1 Å². The fourth-order valence-electron chi connectivity index (χ4n) is 8.73. The highest BCUT2D eigenvalue weighted by atomic mass is 35.5. The van der Waals surface area contributed by atoms with Crippen molar-refractivity contribution in [2.24, 2.45) is 0 Å². The van der Waals surface area contributed by atoms with Crippen LogP contribution in [0.1, 0.15) is 122 Å². The van der Waals surface area contributed by atoms with Gasteiger partial charge in [0.1, 0.15) is 59.1 Å². The third-order valence-corrected chi connectivity index (χ3v) is 13.1. The predicted octanol–water partition coefficient (Wildman–Crippen LogP) is 8.93. The Hall–Kier alpha value is -7.91. The fourth-order valence-corrected chi connectivity index (χ4v) is 8.86. The van der Waals surface area contributed by atoms with Crippen LogP contribution in [-0.4, -0.2) is 147 Å². The van der Waals surface area contributed by atoms with E-state index in [4.69, 9.17) is 40.0 Å². The zero-order valence-corrected chi connectivity index (χ0v) is 51.2. The zero-order chi connectivity index (χ0) is 62.1. The number of carbonyl (C=O) groups excluding carboxylic acids is 8. The first-order valence-electron chi connectivity index (χ1n) is 28.0. The molecule has 5 N–H and O–H groups in total. The molecule has 0 spiro atoms. The molecular formula is C62H82ClN7O14. The van der Waals surface area contributed by atoms with Crippen molar-refractivity contribution in [2.45, 2.75) is 142 Å². The Morgan fingerprint density at radius 1 is 0.702 bits per heavy atom. The summed E-state index contributed by atoms with van der Waals surface area (Å²) < 4.78 is 33.9. The van der Waals surface area contributed by atoms with E-state index < -0.39 is 88.9 Å². The first-order valence-corrected chi connectivity index (χ1v) is 28.3. The summed E-state index contributed by atoms with van der Waals surface area (Å²) in [5, 5.41) is 14.9. The van der Waals surface area contributed by atoms with Gasteiger partial charge in [-0.3, -0.25) is 19.2 Å². The van der Waals surface area contributed by atoms with Crippen molar-refractivity contribution in [3.8, 4) is 33.8 Å². The van der Waals surface area contributed by atoms with Gasteiger partial charge in [0.2, 0.25) is 17.7 Å². The van der Waals surface area contributed by atoms with Crippen LogP contribution >= 0.6 is 11.6 Å². The molecule has 0 radical (unpaired) electrons. The maximum Gasteiger partial charge on any atom is 0.514 e. The minimum atomic E-state index is -1.52. The number of ether oxygens (including phenoxy) is 6. The first-order chi connectivity index (χ1) is 39.4. The van der Waals surface area contributed by atoms with E-state index in [1.165, 1.54) is 36.9 Å². The largest absolute Gasteiger partial charge is 0.514 e. The summed E-state index contributed by atoms with van der Waals surface area (Å²) in [5.74, 6) is -3.35. The number of fused-ring (bicyclic) bond motifs is 5. The molecule has 4 bridgehead atoms. The van der Waals surface area contributed by atoms with Crippen molar-refractivity contribution in [2.75, 3.05) is 54.0 Å². The summed E-state index contributed by atoms with van der Waals surface area (Å²) in [6, 6.07) is 18.3. The van der Waals surface area contributed by atoms with E-state index >= 15 is 9.59 Å². The number of hydrogen-bond acceptors (Lipinski definition) is 15. The van der Waals surface area contributed by atoms with Crippen molar-refractivity contribution in [1.82, 2.24) is 36.4 Å². The maximum absolute atomic E-state index is 15.3. The summed E-state index contributed by atoms with van der Waals surface area (Å²) in [6.07, 6.45) is -0.838. The average Bonchev–Trinajstić information content (AvgIpc) is 3.62. The Labute approximate surface area is 497 Å². The topological polar surface area (TPSA) is 259 Å². The van der Waals surface area contributed by atoms with Gasteiger partial charge in [0.15, 0.2) is 0 Å². The van der Waals surface area contributed by atoms with E-state index in [0.717, 1.165) is 11.1 Å². The Morgan fingerprint density at radius 2 is 1.32 bits per heavy atom. The number of amides is 6. The van der Waals surface area contributed by atoms with Crippen LogP contribution in [0.5, 0.6) is 11.5 Å². The smallest absolute Gasteiger partial charge is 0.492 e. The van der Waals surface area contributed by atoms with Crippen molar-refractivity contribution in [1.29, 1.82) is 0 Å². The number of nitrogens with one attached hydrogen (secondary N) is 5. The lowest BCUT2D eigenvalue weighted by Crippen LogP contribution is -2.55. The second kappa shape index (κ2) is 30.1. The van der Waals surface area contributed by atoms with Gasteiger partial charge in [-0.2, -0.15) is 0 Å². The Kier molecular flexibility index (Phi) is 23.9. The number of nitrogens with zero attached hydrogens (tertiary/aromatic N) is 2. The number of alkyl carbamates (subject to hydrolysis) is 1. The maximum atomic E-state index is 15.3. The SMILES string of the molecule is COC(=O)[C@@H]1Cc2ccc(OC(=O)OC(C)(C)C)c(c2)-c2cc(ccc2OCCNCCCN(C)C(=O)OC(C)(C)C)[C@H](N(C)C(=O)[C@H](CCCCNC(=O)OC(C)(C)C)NC(=O)c2ccc(-c3ccc(Cl)cc3)cc2)C(=O)N[C@@H](C)C(=O)N1. The number of halogens is 1. The lowest BCUT2D eigenvalue weighted by Gasteiger charge is -2.32. The predicted molar refractivity (Wildman–Crippen MR) is 318 cm³/mol. The Bertz CT molecular complexity index is 2950. The fraction of sp³-hybridized carbons (Fsp3) is 0.484. The second-order valence-electron chi connectivity index (χ2n) is 23.4. The van der Waals surface area contributed by atoms with Crippen LogP contribution in [-0.2, 0) is 44.5 Å². The molecule has 4 atom stereocenters. The van der Waals surface area contributed by atoms with Gasteiger partial charge in [-0.15, -0.1) is 0 Å². The van der Waals surface area contributed by atoms with E-state index in [1.54, 1.807) is 136 Å². The van der Waals surface area contributed by atoms with Gasteiger partial charge in [0, 0.05) is 61.9 Å². The molecule has 22 heteroatoms. The van der Waals surface area contributed by atoms with Crippen LogP contribution in [0.4, 0.5) is 14.4 Å². The highest BCUT2D eigenvalue weighted by Crippen LogP contribution is 2.41. The van der Waals surface area contributed by atoms with Crippen LogP contribution in [0.2, 0.25) is 5.02 Å². The van der Waals surface area contributed by atoms with E-state index in [0.29, 0.717) is 55.0 Å². The first kappa shape index (κ1) is 66.9. The van der Waals surface area contributed by atoms with Gasteiger partial charge >= 0.3 is 24.3 Å². The summed E-state index contributed by atoms with van der Waals surface area (Å²) >= 11 is 6.13. The number of likely N-dealkylation sites (N-methyl/N-ethyl adjacent to an activating group) is 1. The van der Waals surface area contributed by atoms with Gasteiger partial charge in [-0.1, -0.05) is 48.0 Å². The minimum absolute atomic E-state index is 0.00262. The molecule has 21 nitrogen and oxygen atoms in total. The number of hydrogen-bond donors (Lipinski definition) is 5. The number of methoxy groups -OCH3 is 1. The van der Waals surface area contributed by atoms with Gasteiger partial charge in [0.25, 0.3) is 5.91 Å². The number of rotatable bonds is 20. The highest BCUT2D eigenvalue weighted by molar-refractivity contribution is 6.30. The highest BCUT2D eigenvalue weighted by Gasteiger charge is 2.37. The normalized spacial score (nSPS) is 15.8. The minimum Gasteiger partial charge on any atom is -0.492 e. The molecule has 4 aromatic rings. The Balaban J connectivity index is 1.58. The standard InChI is InChI=1S/C62H82ClN7O14/c1-38-52(71)68-48(56(75)79-13)36-39-18-28-50(81-59(78)84-62(8,9)10)45(35-39)46-37-43(25-29-49(46)80-34-32-64-30-16-33-69(11)58(77)83-61(5,6)7)51(54(73)66-38)70(12)55(74)47(17-14-15-31-65-57(76)82-60(2,3)4)67-53(72)42-21-19-40(20-22-42)41-23-26-44(63)27-24-41/h18-29,35,37-38,47-48,51,64H,14-17,30-34,36H2,1-13H3,(H,65,76)(H,66,73)(H,67,72)(H,68,71)/t38-,47-,48-,51-/m0/s1. The van der Waals surface area contributed by atoms with E-state index in [2.05, 4.69) is 26.6 Å². The second-order valence-corrected chi connectivity index (χ2v) is 23.8. The van der Waals surface area contributed by atoms with Gasteiger partial charge in [-0.05, 0) is 172 Å². The van der Waals surface area contributed by atoms with Crippen LogP contribution in [0.3, 0.4) is 0 Å². The molecule has 456 valence electrons. The van der Waals surface area contributed by atoms with Crippen molar-refractivity contribution in [3.63, 3.8) is 0 Å². The summed E-state index contributed by atoms with van der Waals surface area (Å²) in [7, 11) is 4.24. The molecule has 6 amide bonds. The average molecular weight is 1180 g/mol. The van der Waals surface area contributed by atoms with E-state index in [9.17, 15) is 28.8 Å². The molecule has 0 aliphatic carbocycles. The van der Waals surface area contributed by atoms with E-state index in [-0.39, 0.29) is 54.2 Å². The van der Waals surface area contributed by atoms with Crippen LogP contribution in [0.15, 0.2) is 84.9 Å². The molecule has 0 saturated carbocycles. The molecule has 0 fully saturated rings. The molecule has 5 rings (SSSR count). The summed E-state index contributed by atoms with van der Waals surface area (Å²) in [4.78, 5) is 113. The molecule has 1 aliphatic rings. The van der Waals surface area contributed by atoms with Gasteiger partial charge in [0.05, 0.1) is 7.11 Å². The van der Waals surface area contributed by atoms with E-state index in [1.807, 2.05) is 12.1 Å². The number of benzene rings is 4.